The van der Waals surface area contributed by atoms with Crippen molar-refractivity contribution in [1.82, 2.24) is 5.32 Å². The molecule has 1 amide bonds. The summed E-state index contributed by atoms with van der Waals surface area (Å²) >= 11 is 0. The molecule has 0 saturated carbocycles. The van der Waals surface area contributed by atoms with Gasteiger partial charge in [-0.2, -0.15) is 0 Å². The average molecular weight is 475 g/mol. The highest BCUT2D eigenvalue weighted by Gasteiger charge is 2.40. The third-order valence-electron chi connectivity index (χ3n) is 6.29. The molecule has 0 radical (unpaired) electrons. The van der Waals surface area contributed by atoms with Crippen LogP contribution in [0.25, 0.3) is 0 Å². The number of fused-ring (bicyclic) bond motifs is 1. The van der Waals surface area contributed by atoms with Gasteiger partial charge in [-0.3, -0.25) is 9.10 Å². The quantitative estimate of drug-likeness (QED) is 0.581. The number of nitrogens with one attached hydrogen (secondary N) is 1. The van der Waals surface area contributed by atoms with E-state index in [4.69, 9.17) is 9.47 Å². The number of hydrogen-bond donors (Lipinski definition) is 1. The summed E-state index contributed by atoms with van der Waals surface area (Å²) < 4.78 is 38.3. The number of rotatable bonds is 9. The lowest BCUT2D eigenvalue weighted by molar-refractivity contribution is -0.123. The lowest BCUT2D eigenvalue weighted by Crippen LogP contribution is -2.51. The lowest BCUT2D eigenvalue weighted by Gasteiger charge is -2.42. The number of hydrogen-bond acceptors (Lipinski definition) is 5. The predicted molar refractivity (Wildman–Crippen MR) is 130 cm³/mol. The number of sulfonamides is 1. The first-order chi connectivity index (χ1) is 15.6. The Morgan fingerprint density at radius 3 is 2.36 bits per heavy atom. The van der Waals surface area contributed by atoms with Crippen molar-refractivity contribution in [3.05, 3.63) is 54.1 Å². The van der Waals surface area contributed by atoms with E-state index in [1.165, 1.54) is 0 Å². The second kappa shape index (κ2) is 10.0. The van der Waals surface area contributed by atoms with Crippen LogP contribution in [0.15, 0.2) is 48.5 Å². The van der Waals surface area contributed by atoms with Crippen LogP contribution in [0.2, 0.25) is 0 Å². The Bertz CT molecular complexity index is 1060. The Morgan fingerprint density at radius 1 is 1.15 bits per heavy atom. The number of amides is 1. The summed E-state index contributed by atoms with van der Waals surface area (Å²) in [5, 5.41) is 3.10. The van der Waals surface area contributed by atoms with Crippen molar-refractivity contribution in [2.24, 2.45) is 0 Å². The van der Waals surface area contributed by atoms with Crippen LogP contribution in [0.3, 0.4) is 0 Å². The standard InChI is InChI=1S/C25H34N2O5S/c1-6-25(7-2)17-22(21-11-9-10-12-23(21)32-25)26-24(28)18(4)27(33(5,29)30)19-13-15-20(16-14-19)31-8-3/h9-16,18,22H,6-8,17H2,1-5H3,(H,26,28)/t18-,22-/m1/s1. The molecule has 180 valence electrons. The maximum absolute atomic E-state index is 13.4. The van der Waals surface area contributed by atoms with Crippen LogP contribution >= 0.6 is 0 Å². The number of carbonyl (C=O) groups is 1. The zero-order valence-corrected chi connectivity index (χ0v) is 20.8. The highest BCUT2D eigenvalue weighted by Crippen LogP contribution is 2.42. The molecule has 2 atom stereocenters. The molecule has 0 spiro atoms. The first-order valence-corrected chi connectivity index (χ1v) is 13.3. The van der Waals surface area contributed by atoms with Crippen LogP contribution < -0.4 is 19.1 Å². The summed E-state index contributed by atoms with van der Waals surface area (Å²) in [5.41, 5.74) is 0.941. The van der Waals surface area contributed by atoms with E-state index >= 15 is 0 Å². The van der Waals surface area contributed by atoms with E-state index in [1.54, 1.807) is 31.2 Å². The Labute approximate surface area is 197 Å². The minimum atomic E-state index is -3.71. The number of carbonyl (C=O) groups excluding carboxylic acids is 1. The molecule has 8 heteroatoms. The van der Waals surface area contributed by atoms with Crippen LogP contribution in [0.1, 0.15) is 58.6 Å². The van der Waals surface area contributed by atoms with E-state index in [1.807, 2.05) is 31.2 Å². The molecule has 3 rings (SSSR count). The molecule has 1 N–H and O–H groups in total. The van der Waals surface area contributed by atoms with E-state index in [2.05, 4.69) is 19.2 Å². The van der Waals surface area contributed by atoms with Crippen LogP contribution in [-0.4, -0.2) is 38.8 Å². The van der Waals surface area contributed by atoms with Gasteiger partial charge in [0.1, 0.15) is 23.1 Å². The fraction of sp³-hybridized carbons (Fsp3) is 0.480. The summed E-state index contributed by atoms with van der Waals surface area (Å²) in [7, 11) is -3.71. The minimum Gasteiger partial charge on any atom is -0.494 e. The normalized spacial score (nSPS) is 17.9. The maximum Gasteiger partial charge on any atom is 0.244 e. The smallest absolute Gasteiger partial charge is 0.244 e. The molecule has 2 aromatic rings. The summed E-state index contributed by atoms with van der Waals surface area (Å²) in [6, 6.07) is 13.2. The van der Waals surface area contributed by atoms with Gasteiger partial charge in [-0.15, -0.1) is 0 Å². The summed E-state index contributed by atoms with van der Waals surface area (Å²) in [4.78, 5) is 13.4. The van der Waals surface area contributed by atoms with Crippen LogP contribution in [-0.2, 0) is 14.8 Å². The van der Waals surface area contributed by atoms with E-state index in [9.17, 15) is 13.2 Å². The van der Waals surface area contributed by atoms with E-state index in [-0.39, 0.29) is 17.6 Å². The number of benzene rings is 2. The fourth-order valence-corrected chi connectivity index (χ4v) is 5.56. The number of nitrogens with zero attached hydrogens (tertiary/aromatic N) is 1. The predicted octanol–water partition coefficient (Wildman–Crippen LogP) is 4.44. The van der Waals surface area contributed by atoms with Gasteiger partial charge >= 0.3 is 0 Å². The highest BCUT2D eigenvalue weighted by atomic mass is 32.2. The minimum absolute atomic E-state index is 0.272. The highest BCUT2D eigenvalue weighted by molar-refractivity contribution is 7.92. The van der Waals surface area contributed by atoms with Gasteiger partial charge < -0.3 is 14.8 Å². The van der Waals surface area contributed by atoms with Gasteiger partial charge in [0.05, 0.1) is 24.6 Å². The second-order valence-electron chi connectivity index (χ2n) is 8.46. The molecule has 33 heavy (non-hydrogen) atoms. The summed E-state index contributed by atoms with van der Waals surface area (Å²) in [5.74, 6) is 1.04. The average Bonchev–Trinajstić information content (AvgIpc) is 2.79. The zero-order chi connectivity index (χ0) is 24.2. The Morgan fingerprint density at radius 2 is 1.79 bits per heavy atom. The summed E-state index contributed by atoms with van der Waals surface area (Å²) in [6.07, 6.45) is 3.34. The van der Waals surface area contributed by atoms with Crippen molar-refractivity contribution >= 4 is 21.6 Å². The molecule has 0 bridgehead atoms. The van der Waals surface area contributed by atoms with Crippen molar-refractivity contribution in [2.45, 2.75) is 64.6 Å². The van der Waals surface area contributed by atoms with Gasteiger partial charge in [0, 0.05) is 12.0 Å². The number of anilines is 1. The Balaban J connectivity index is 1.88. The number of para-hydroxylation sites is 1. The zero-order valence-electron chi connectivity index (χ0n) is 20.0. The van der Waals surface area contributed by atoms with Crippen LogP contribution in [0.5, 0.6) is 11.5 Å². The van der Waals surface area contributed by atoms with Crippen LogP contribution in [0.4, 0.5) is 5.69 Å². The van der Waals surface area contributed by atoms with Gasteiger partial charge in [-0.1, -0.05) is 32.0 Å². The molecule has 0 fully saturated rings. The van der Waals surface area contributed by atoms with Crippen molar-refractivity contribution in [2.75, 3.05) is 17.2 Å². The molecule has 0 aromatic heterocycles. The van der Waals surface area contributed by atoms with E-state index < -0.39 is 16.1 Å². The molecule has 2 aromatic carbocycles. The second-order valence-corrected chi connectivity index (χ2v) is 10.3. The van der Waals surface area contributed by atoms with Crippen molar-refractivity contribution in [3.63, 3.8) is 0 Å². The Kier molecular flexibility index (Phi) is 7.57. The third-order valence-corrected chi connectivity index (χ3v) is 7.53. The van der Waals surface area contributed by atoms with Gasteiger partial charge in [-0.25, -0.2) is 8.42 Å². The largest absolute Gasteiger partial charge is 0.494 e. The first kappa shape index (κ1) is 24.9. The first-order valence-electron chi connectivity index (χ1n) is 11.4. The van der Waals surface area contributed by atoms with Gasteiger partial charge in [0.25, 0.3) is 0 Å². The van der Waals surface area contributed by atoms with E-state index in [0.29, 0.717) is 24.5 Å². The molecule has 7 nitrogen and oxygen atoms in total. The molecule has 0 saturated heterocycles. The Hall–Kier alpha value is -2.74. The molecule has 1 aliphatic rings. The van der Waals surface area contributed by atoms with Gasteiger partial charge in [0.15, 0.2) is 0 Å². The molecule has 1 aliphatic heterocycles. The van der Waals surface area contributed by atoms with Crippen molar-refractivity contribution in [1.29, 1.82) is 0 Å². The number of ether oxygens (including phenoxy) is 2. The van der Waals surface area contributed by atoms with Crippen LogP contribution in [0, 0.1) is 0 Å². The maximum atomic E-state index is 13.4. The monoisotopic (exact) mass is 474 g/mol. The molecule has 1 heterocycles. The lowest BCUT2D eigenvalue weighted by atomic mass is 9.83. The molecular weight excluding hydrogens is 440 g/mol. The fourth-order valence-electron chi connectivity index (χ4n) is 4.39. The molecular formula is C25H34N2O5S. The van der Waals surface area contributed by atoms with Crippen molar-refractivity contribution in [3.8, 4) is 11.5 Å². The summed E-state index contributed by atoms with van der Waals surface area (Å²) in [6.45, 7) is 8.15. The SMILES string of the molecule is CCOc1ccc(N([C@H](C)C(=O)N[C@@H]2CC(CC)(CC)Oc3ccccc32)S(C)(=O)=O)cc1. The third kappa shape index (κ3) is 5.43. The van der Waals surface area contributed by atoms with E-state index in [0.717, 1.165) is 34.7 Å². The van der Waals surface area contributed by atoms with Gasteiger partial charge in [-0.05, 0) is 57.0 Å². The molecule has 0 unspecified atom stereocenters. The van der Waals surface area contributed by atoms with Gasteiger partial charge in [0.2, 0.25) is 15.9 Å². The van der Waals surface area contributed by atoms with Crippen molar-refractivity contribution < 1.29 is 22.7 Å². The molecule has 0 aliphatic carbocycles. The topological polar surface area (TPSA) is 84.9 Å².